The van der Waals surface area contributed by atoms with E-state index in [1.165, 1.54) is 0 Å². The van der Waals surface area contributed by atoms with Crippen LogP contribution in [-0.4, -0.2) is 48.2 Å². The Labute approximate surface area is 114 Å². The fraction of sp³-hybridized carbons (Fsp3) is 0.857. The van der Waals surface area contributed by atoms with E-state index in [4.69, 9.17) is 9.84 Å². The minimum Gasteiger partial charge on any atom is -0.481 e. The lowest BCUT2D eigenvalue weighted by Gasteiger charge is -2.26. The smallest absolute Gasteiger partial charge is 0.306 e. The highest BCUT2D eigenvalue weighted by molar-refractivity contribution is 5.77. The molecule has 1 N–H and O–H groups in total. The average molecular weight is 271 g/mol. The molecule has 0 bridgehead atoms. The van der Waals surface area contributed by atoms with Crippen LogP contribution in [0.25, 0.3) is 0 Å². The van der Waals surface area contributed by atoms with Crippen molar-refractivity contribution >= 4 is 11.9 Å². The van der Waals surface area contributed by atoms with E-state index < -0.39 is 5.97 Å². The SMILES string of the molecule is CCCCN(C)C(=O)COC1CCC(C(=O)O)CC1. The van der Waals surface area contributed by atoms with Gasteiger partial charge in [-0.1, -0.05) is 13.3 Å². The Hall–Kier alpha value is -1.10. The quantitative estimate of drug-likeness (QED) is 0.768. The molecule has 5 heteroatoms. The van der Waals surface area contributed by atoms with Crippen LogP contribution in [0.2, 0.25) is 0 Å². The Morgan fingerprint density at radius 3 is 2.42 bits per heavy atom. The van der Waals surface area contributed by atoms with Crippen molar-refractivity contribution in [2.45, 2.75) is 51.6 Å². The number of carbonyl (C=O) groups is 2. The predicted octanol–water partition coefficient (Wildman–Crippen LogP) is 1.90. The summed E-state index contributed by atoms with van der Waals surface area (Å²) < 4.78 is 5.59. The first kappa shape index (κ1) is 16.0. The third-order valence-electron chi connectivity index (χ3n) is 3.74. The number of rotatable bonds is 7. The molecule has 0 aromatic heterocycles. The summed E-state index contributed by atoms with van der Waals surface area (Å²) in [4.78, 5) is 24.3. The van der Waals surface area contributed by atoms with Gasteiger partial charge in [-0.15, -0.1) is 0 Å². The minimum atomic E-state index is -0.714. The second-order valence-corrected chi connectivity index (χ2v) is 5.29. The number of unbranched alkanes of at least 4 members (excludes halogenated alkanes) is 1. The summed E-state index contributed by atoms with van der Waals surface area (Å²) in [5.74, 6) is -0.939. The predicted molar refractivity (Wildman–Crippen MR) is 71.9 cm³/mol. The maximum absolute atomic E-state index is 11.8. The lowest BCUT2D eigenvalue weighted by molar-refractivity contribution is -0.145. The molecule has 1 saturated carbocycles. The van der Waals surface area contributed by atoms with Gasteiger partial charge in [0, 0.05) is 13.6 Å². The number of hydrogen-bond acceptors (Lipinski definition) is 3. The molecular formula is C14H25NO4. The summed E-state index contributed by atoms with van der Waals surface area (Å²) in [7, 11) is 1.79. The topological polar surface area (TPSA) is 66.8 Å². The number of hydrogen-bond donors (Lipinski definition) is 1. The van der Waals surface area contributed by atoms with E-state index in [1.54, 1.807) is 11.9 Å². The van der Waals surface area contributed by atoms with E-state index in [0.29, 0.717) is 12.8 Å². The highest BCUT2D eigenvalue weighted by Crippen LogP contribution is 2.26. The monoisotopic (exact) mass is 271 g/mol. The van der Waals surface area contributed by atoms with E-state index in [9.17, 15) is 9.59 Å². The van der Waals surface area contributed by atoms with Crippen molar-refractivity contribution in [2.24, 2.45) is 5.92 Å². The molecule has 19 heavy (non-hydrogen) atoms. The van der Waals surface area contributed by atoms with Crippen LogP contribution in [0.15, 0.2) is 0 Å². The lowest BCUT2D eigenvalue weighted by Crippen LogP contribution is -2.34. The van der Waals surface area contributed by atoms with E-state index >= 15 is 0 Å². The molecule has 0 aromatic rings. The van der Waals surface area contributed by atoms with Gasteiger partial charge in [0.2, 0.25) is 5.91 Å². The maximum atomic E-state index is 11.8. The van der Waals surface area contributed by atoms with E-state index in [0.717, 1.165) is 32.2 Å². The molecule has 1 amide bonds. The van der Waals surface area contributed by atoms with Crippen LogP contribution < -0.4 is 0 Å². The van der Waals surface area contributed by atoms with Gasteiger partial charge in [0.05, 0.1) is 12.0 Å². The van der Waals surface area contributed by atoms with Crippen molar-refractivity contribution in [1.82, 2.24) is 4.90 Å². The zero-order chi connectivity index (χ0) is 14.3. The van der Waals surface area contributed by atoms with Crippen LogP contribution >= 0.6 is 0 Å². The van der Waals surface area contributed by atoms with E-state index in [1.807, 2.05) is 0 Å². The summed E-state index contributed by atoms with van der Waals surface area (Å²) in [5.41, 5.74) is 0. The normalized spacial score (nSPS) is 23.1. The number of likely N-dealkylation sites (N-methyl/N-ethyl adjacent to an activating group) is 1. The molecule has 1 aliphatic rings. The molecule has 5 nitrogen and oxygen atoms in total. The number of carboxylic acids is 1. The number of carboxylic acid groups (broad SMARTS) is 1. The van der Waals surface area contributed by atoms with Gasteiger partial charge in [-0.2, -0.15) is 0 Å². The van der Waals surface area contributed by atoms with E-state index in [2.05, 4.69) is 6.92 Å². The van der Waals surface area contributed by atoms with Crippen LogP contribution in [0.4, 0.5) is 0 Å². The number of aliphatic carboxylic acids is 1. The van der Waals surface area contributed by atoms with Crippen molar-refractivity contribution in [3.63, 3.8) is 0 Å². The molecule has 0 heterocycles. The van der Waals surface area contributed by atoms with Gasteiger partial charge in [0.25, 0.3) is 0 Å². The minimum absolute atomic E-state index is 0.00816. The Morgan fingerprint density at radius 1 is 1.26 bits per heavy atom. The van der Waals surface area contributed by atoms with Gasteiger partial charge >= 0.3 is 5.97 Å². The molecule has 1 rings (SSSR count). The number of ether oxygens (including phenoxy) is 1. The van der Waals surface area contributed by atoms with Crippen LogP contribution in [0.5, 0.6) is 0 Å². The molecule has 1 aliphatic carbocycles. The summed E-state index contributed by atoms with van der Waals surface area (Å²) in [6.45, 7) is 2.97. The molecule has 0 aliphatic heterocycles. The molecule has 1 fully saturated rings. The molecule has 0 unspecified atom stereocenters. The third-order valence-corrected chi connectivity index (χ3v) is 3.74. The van der Waals surface area contributed by atoms with Crippen LogP contribution in [0.1, 0.15) is 45.4 Å². The molecule has 0 saturated heterocycles. The Kier molecular flexibility index (Phi) is 6.84. The van der Waals surface area contributed by atoms with Gasteiger partial charge < -0.3 is 14.7 Å². The molecule has 0 spiro atoms. The van der Waals surface area contributed by atoms with Crippen LogP contribution in [0.3, 0.4) is 0 Å². The van der Waals surface area contributed by atoms with Crippen molar-refractivity contribution in [3.05, 3.63) is 0 Å². The van der Waals surface area contributed by atoms with Gasteiger partial charge in [0.15, 0.2) is 0 Å². The Morgan fingerprint density at radius 2 is 1.89 bits per heavy atom. The van der Waals surface area contributed by atoms with Crippen LogP contribution in [0, 0.1) is 5.92 Å². The van der Waals surface area contributed by atoms with Crippen molar-refractivity contribution < 1.29 is 19.4 Å². The number of carbonyl (C=O) groups excluding carboxylic acids is 1. The molecule has 0 atom stereocenters. The van der Waals surface area contributed by atoms with E-state index in [-0.39, 0.29) is 24.5 Å². The van der Waals surface area contributed by atoms with Gasteiger partial charge in [-0.25, -0.2) is 0 Å². The summed E-state index contributed by atoms with van der Waals surface area (Å²) in [6, 6.07) is 0. The fourth-order valence-electron chi connectivity index (χ4n) is 2.30. The number of amides is 1. The highest BCUT2D eigenvalue weighted by Gasteiger charge is 2.26. The average Bonchev–Trinajstić information content (AvgIpc) is 2.42. The standard InChI is InChI=1S/C14H25NO4/c1-3-4-9-15(2)13(16)10-19-12-7-5-11(6-8-12)14(17)18/h11-12H,3-10H2,1-2H3,(H,17,18). The zero-order valence-corrected chi connectivity index (χ0v) is 11.9. The summed E-state index contributed by atoms with van der Waals surface area (Å²) in [6.07, 6.45) is 4.90. The maximum Gasteiger partial charge on any atom is 0.306 e. The van der Waals surface area contributed by atoms with Crippen molar-refractivity contribution in [3.8, 4) is 0 Å². The van der Waals surface area contributed by atoms with Crippen molar-refractivity contribution in [2.75, 3.05) is 20.2 Å². The first-order valence-electron chi connectivity index (χ1n) is 7.13. The summed E-state index contributed by atoms with van der Waals surface area (Å²) >= 11 is 0. The fourth-order valence-corrected chi connectivity index (χ4v) is 2.30. The Bertz CT molecular complexity index is 298. The molecular weight excluding hydrogens is 246 g/mol. The molecule has 110 valence electrons. The second kappa shape index (κ2) is 8.15. The molecule has 0 radical (unpaired) electrons. The van der Waals surface area contributed by atoms with Gasteiger partial charge in [0.1, 0.15) is 6.61 Å². The van der Waals surface area contributed by atoms with Crippen LogP contribution in [-0.2, 0) is 14.3 Å². The van der Waals surface area contributed by atoms with Gasteiger partial charge in [-0.05, 0) is 32.1 Å². The van der Waals surface area contributed by atoms with Crippen molar-refractivity contribution in [1.29, 1.82) is 0 Å². The first-order valence-corrected chi connectivity index (χ1v) is 7.13. The second-order valence-electron chi connectivity index (χ2n) is 5.29. The van der Waals surface area contributed by atoms with Gasteiger partial charge in [-0.3, -0.25) is 9.59 Å². The largest absolute Gasteiger partial charge is 0.481 e. The highest BCUT2D eigenvalue weighted by atomic mass is 16.5. The Balaban J connectivity index is 2.19. The third kappa shape index (κ3) is 5.59. The summed E-state index contributed by atoms with van der Waals surface area (Å²) in [5, 5.41) is 8.90. The first-order chi connectivity index (χ1) is 9.04. The molecule has 0 aromatic carbocycles. The number of nitrogens with zero attached hydrogens (tertiary/aromatic N) is 1. The lowest BCUT2D eigenvalue weighted by atomic mass is 9.87. The zero-order valence-electron chi connectivity index (χ0n) is 11.9.